The lowest BCUT2D eigenvalue weighted by Gasteiger charge is -2.18. The third-order valence-electron chi connectivity index (χ3n) is 13.5. The van der Waals surface area contributed by atoms with E-state index in [0.29, 0.717) is 19.3 Å². The van der Waals surface area contributed by atoms with E-state index in [2.05, 4.69) is 81.5 Å². The second-order valence-corrected chi connectivity index (χ2v) is 20.6. The maximum absolute atomic E-state index is 12.8. The van der Waals surface area contributed by atoms with Crippen LogP contribution in [0.2, 0.25) is 0 Å². The number of esters is 3. The molecule has 0 aliphatic rings. The van der Waals surface area contributed by atoms with Crippen molar-refractivity contribution in [2.24, 2.45) is 0 Å². The van der Waals surface area contributed by atoms with Crippen molar-refractivity contribution in [2.75, 3.05) is 13.2 Å². The highest BCUT2D eigenvalue weighted by atomic mass is 16.6. The first-order chi connectivity index (χ1) is 35.0. The second kappa shape index (κ2) is 59.7. The van der Waals surface area contributed by atoms with Crippen molar-refractivity contribution >= 4 is 17.9 Å². The molecule has 0 aliphatic carbocycles. The van der Waals surface area contributed by atoms with Crippen molar-refractivity contribution in [2.45, 2.75) is 322 Å². The zero-order chi connectivity index (χ0) is 51.4. The SMILES string of the molecule is CC/C=C\C/C=C\C/C=C\C/C=C\C/C=C\CCCC(=O)OC(COC(=O)CCCCCCCCCCCCCC)COC(=O)CCCCCCCCCCCCCCCCCCCCCCCCCC. The van der Waals surface area contributed by atoms with Crippen LogP contribution in [0, 0.1) is 0 Å². The van der Waals surface area contributed by atoms with E-state index in [4.69, 9.17) is 14.2 Å². The van der Waals surface area contributed by atoms with Crippen LogP contribution in [-0.2, 0) is 28.6 Å². The van der Waals surface area contributed by atoms with Crippen LogP contribution in [0.15, 0.2) is 60.8 Å². The van der Waals surface area contributed by atoms with Gasteiger partial charge in [0, 0.05) is 19.3 Å². The molecule has 0 aliphatic heterocycles. The summed E-state index contributed by atoms with van der Waals surface area (Å²) < 4.78 is 16.8. The predicted molar refractivity (Wildman–Crippen MR) is 307 cm³/mol. The molecule has 1 atom stereocenters. The lowest BCUT2D eigenvalue weighted by atomic mass is 10.0. The smallest absolute Gasteiger partial charge is 0.306 e. The average Bonchev–Trinajstić information content (AvgIpc) is 3.37. The Morgan fingerprint density at radius 2 is 0.549 bits per heavy atom. The van der Waals surface area contributed by atoms with E-state index >= 15 is 0 Å². The van der Waals surface area contributed by atoms with Crippen LogP contribution in [0.3, 0.4) is 0 Å². The monoisotopic (exact) mass is 993 g/mol. The van der Waals surface area contributed by atoms with Crippen molar-refractivity contribution in [3.8, 4) is 0 Å². The molecule has 0 fully saturated rings. The molecule has 0 bridgehead atoms. The topological polar surface area (TPSA) is 78.9 Å². The summed E-state index contributed by atoms with van der Waals surface area (Å²) >= 11 is 0. The number of rotatable bonds is 56. The third kappa shape index (κ3) is 57.9. The van der Waals surface area contributed by atoms with Crippen molar-refractivity contribution in [3.05, 3.63) is 60.8 Å². The molecular weight excluding hydrogens is 877 g/mol. The summed E-state index contributed by atoms with van der Waals surface area (Å²) in [5.74, 6) is -0.936. The molecule has 412 valence electrons. The summed E-state index contributed by atoms with van der Waals surface area (Å²) in [6.07, 6.45) is 75.3. The van der Waals surface area contributed by atoms with Crippen LogP contribution >= 0.6 is 0 Å². The normalized spacial score (nSPS) is 12.4. The van der Waals surface area contributed by atoms with Crippen molar-refractivity contribution in [1.29, 1.82) is 0 Å². The average molecular weight is 994 g/mol. The molecule has 0 radical (unpaired) electrons. The molecule has 71 heavy (non-hydrogen) atoms. The van der Waals surface area contributed by atoms with E-state index in [9.17, 15) is 14.4 Å². The lowest BCUT2D eigenvalue weighted by molar-refractivity contribution is -0.167. The van der Waals surface area contributed by atoms with E-state index in [1.54, 1.807) is 0 Å². The van der Waals surface area contributed by atoms with Gasteiger partial charge in [-0.3, -0.25) is 14.4 Å². The largest absolute Gasteiger partial charge is 0.462 e. The fraction of sp³-hybridized carbons (Fsp3) is 0.800. The Bertz CT molecular complexity index is 1280. The van der Waals surface area contributed by atoms with Gasteiger partial charge < -0.3 is 14.2 Å². The minimum atomic E-state index is -0.801. The lowest BCUT2D eigenvalue weighted by Crippen LogP contribution is -2.30. The molecular formula is C65H116O6. The number of allylic oxidation sites excluding steroid dienone is 10. The molecule has 0 saturated carbocycles. The summed E-state index contributed by atoms with van der Waals surface area (Å²) in [4.78, 5) is 38.2. The Kier molecular flexibility index (Phi) is 57.2. The van der Waals surface area contributed by atoms with Crippen LogP contribution in [0.5, 0.6) is 0 Å². The standard InChI is InChI=1S/C65H116O6/c1-4-7-10-13-16-19-22-25-27-29-30-31-32-33-34-35-37-38-40-43-46-49-52-55-58-64(67)70-61-62(60-69-63(66)57-54-51-48-45-42-24-21-18-15-12-9-6-3)71-65(68)59-56-53-50-47-44-41-39-36-28-26-23-20-17-14-11-8-5-2/h8,11,17,20,26,28,39,41,47,50,62H,4-7,9-10,12-16,18-19,21-25,27,29-38,40,42-46,48-49,51-61H2,1-3H3/b11-8-,20-17-,28-26-,41-39-,50-47-. The van der Waals surface area contributed by atoms with E-state index < -0.39 is 6.10 Å². The summed E-state index contributed by atoms with van der Waals surface area (Å²) in [6, 6.07) is 0. The van der Waals surface area contributed by atoms with Crippen LogP contribution in [0.4, 0.5) is 0 Å². The van der Waals surface area contributed by atoms with Crippen LogP contribution in [-0.4, -0.2) is 37.2 Å². The van der Waals surface area contributed by atoms with Gasteiger partial charge in [0.2, 0.25) is 0 Å². The van der Waals surface area contributed by atoms with Gasteiger partial charge in [0.15, 0.2) is 6.10 Å². The molecule has 0 spiro atoms. The highest BCUT2D eigenvalue weighted by Crippen LogP contribution is 2.17. The van der Waals surface area contributed by atoms with E-state index in [1.165, 1.54) is 193 Å². The number of carbonyl (C=O) groups excluding carboxylic acids is 3. The van der Waals surface area contributed by atoms with Gasteiger partial charge in [-0.1, -0.05) is 300 Å². The van der Waals surface area contributed by atoms with Crippen molar-refractivity contribution in [1.82, 2.24) is 0 Å². The zero-order valence-electron chi connectivity index (χ0n) is 47.2. The van der Waals surface area contributed by atoms with Gasteiger partial charge in [-0.15, -0.1) is 0 Å². The first-order valence-electron chi connectivity index (χ1n) is 30.8. The van der Waals surface area contributed by atoms with Crippen molar-refractivity contribution < 1.29 is 28.6 Å². The quantitative estimate of drug-likeness (QED) is 0.0261. The van der Waals surface area contributed by atoms with Gasteiger partial charge in [-0.25, -0.2) is 0 Å². The Morgan fingerprint density at radius 3 is 0.845 bits per heavy atom. The highest BCUT2D eigenvalue weighted by Gasteiger charge is 2.19. The molecule has 1 unspecified atom stereocenters. The van der Waals surface area contributed by atoms with Gasteiger partial charge in [0.25, 0.3) is 0 Å². The van der Waals surface area contributed by atoms with Crippen molar-refractivity contribution in [3.63, 3.8) is 0 Å². The maximum atomic E-state index is 12.8. The first kappa shape index (κ1) is 68.1. The number of carbonyl (C=O) groups is 3. The van der Waals surface area contributed by atoms with Crippen LogP contribution < -0.4 is 0 Å². The number of hydrogen-bond donors (Lipinski definition) is 0. The Balaban J connectivity index is 4.30. The van der Waals surface area contributed by atoms with E-state index in [0.717, 1.165) is 77.0 Å². The zero-order valence-corrected chi connectivity index (χ0v) is 47.2. The molecule has 0 aromatic heterocycles. The Morgan fingerprint density at radius 1 is 0.296 bits per heavy atom. The molecule has 6 nitrogen and oxygen atoms in total. The van der Waals surface area contributed by atoms with Gasteiger partial charge in [0.1, 0.15) is 13.2 Å². The summed E-state index contributed by atoms with van der Waals surface area (Å²) in [5.41, 5.74) is 0. The Labute approximate surface area is 440 Å². The van der Waals surface area contributed by atoms with Crippen LogP contribution in [0.25, 0.3) is 0 Å². The fourth-order valence-corrected chi connectivity index (χ4v) is 8.95. The van der Waals surface area contributed by atoms with Gasteiger partial charge >= 0.3 is 17.9 Å². The van der Waals surface area contributed by atoms with Gasteiger partial charge in [0.05, 0.1) is 0 Å². The summed E-state index contributed by atoms with van der Waals surface area (Å²) in [7, 11) is 0. The first-order valence-corrected chi connectivity index (χ1v) is 30.8. The predicted octanol–water partition coefficient (Wildman–Crippen LogP) is 20.8. The summed E-state index contributed by atoms with van der Waals surface area (Å²) in [5, 5.41) is 0. The summed E-state index contributed by atoms with van der Waals surface area (Å²) in [6.45, 7) is 6.52. The third-order valence-corrected chi connectivity index (χ3v) is 13.5. The number of unbranched alkanes of at least 4 members (excludes halogenated alkanes) is 35. The van der Waals surface area contributed by atoms with Crippen LogP contribution in [0.1, 0.15) is 316 Å². The van der Waals surface area contributed by atoms with E-state index in [1.807, 2.05) is 0 Å². The minimum Gasteiger partial charge on any atom is -0.462 e. The highest BCUT2D eigenvalue weighted by molar-refractivity contribution is 5.71. The fourth-order valence-electron chi connectivity index (χ4n) is 8.95. The maximum Gasteiger partial charge on any atom is 0.306 e. The molecule has 0 aromatic carbocycles. The van der Waals surface area contributed by atoms with Gasteiger partial charge in [-0.05, 0) is 57.8 Å². The second-order valence-electron chi connectivity index (χ2n) is 20.6. The molecule has 0 amide bonds. The molecule has 0 aromatic rings. The number of ether oxygens (including phenoxy) is 3. The molecule has 0 N–H and O–H groups in total. The molecule has 6 heteroatoms. The molecule has 0 saturated heterocycles. The molecule has 0 rings (SSSR count). The number of hydrogen-bond acceptors (Lipinski definition) is 6. The molecule has 0 heterocycles. The van der Waals surface area contributed by atoms with E-state index in [-0.39, 0.29) is 37.5 Å². The Hall–Kier alpha value is -2.89. The minimum absolute atomic E-state index is 0.0926. The van der Waals surface area contributed by atoms with Gasteiger partial charge in [-0.2, -0.15) is 0 Å².